The van der Waals surface area contributed by atoms with Crippen molar-refractivity contribution in [3.63, 3.8) is 0 Å². The number of hydrogen-bond donors (Lipinski definition) is 1. The summed E-state index contributed by atoms with van der Waals surface area (Å²) in [6.07, 6.45) is 0.861. The molecule has 0 atom stereocenters. The number of aliphatic hydroxyl groups excluding tert-OH is 1. The summed E-state index contributed by atoms with van der Waals surface area (Å²) in [5.41, 5.74) is 0. The summed E-state index contributed by atoms with van der Waals surface area (Å²) in [5.74, 6) is 0. The van der Waals surface area contributed by atoms with Crippen LogP contribution in [0.4, 0.5) is 0 Å². The highest BCUT2D eigenvalue weighted by atomic mass is 16.5. The molecule has 74 valence electrons. The standard InChI is InChI=1S/C5H11NO.C3H8O2/c1-3-6(4-2)5-7;1-5-3-2-4/h5H,3-4H2,1-2H3;4H,2-3H2,1H3. The molecule has 0 fully saturated rings. The van der Waals surface area contributed by atoms with E-state index in [1.54, 1.807) is 12.0 Å². The van der Waals surface area contributed by atoms with Gasteiger partial charge in [0.1, 0.15) is 0 Å². The molecule has 0 bridgehead atoms. The fraction of sp³-hybridized carbons (Fsp3) is 0.875. The van der Waals surface area contributed by atoms with Crippen LogP contribution in [-0.4, -0.2) is 49.8 Å². The first-order chi connectivity index (χ1) is 5.76. The zero-order chi connectivity index (χ0) is 9.82. The predicted octanol–water partition coefficient (Wildman–Crippen LogP) is 0.110. The van der Waals surface area contributed by atoms with Crippen LogP contribution in [0.3, 0.4) is 0 Å². The van der Waals surface area contributed by atoms with Crippen LogP contribution >= 0.6 is 0 Å². The maximum atomic E-state index is 9.89. The molecule has 0 radical (unpaired) electrons. The minimum Gasteiger partial charge on any atom is -0.394 e. The van der Waals surface area contributed by atoms with Gasteiger partial charge in [0.05, 0.1) is 13.2 Å². The summed E-state index contributed by atoms with van der Waals surface area (Å²) in [5, 5.41) is 7.94. The van der Waals surface area contributed by atoms with Crippen LogP contribution in [0.2, 0.25) is 0 Å². The second kappa shape index (κ2) is 13.0. The van der Waals surface area contributed by atoms with Gasteiger partial charge < -0.3 is 14.7 Å². The molecule has 0 saturated heterocycles. The SMILES string of the molecule is CCN(C=O)CC.COCCO. The molecule has 1 amide bonds. The third kappa shape index (κ3) is 12.1. The Morgan fingerprint density at radius 1 is 1.42 bits per heavy atom. The van der Waals surface area contributed by atoms with Gasteiger partial charge in [-0.15, -0.1) is 0 Å². The van der Waals surface area contributed by atoms with Crippen LogP contribution in [0, 0.1) is 0 Å². The second-order valence-electron chi connectivity index (χ2n) is 2.04. The number of methoxy groups -OCH3 is 1. The Labute approximate surface area is 74.1 Å². The van der Waals surface area contributed by atoms with Crippen LogP contribution in [-0.2, 0) is 9.53 Å². The van der Waals surface area contributed by atoms with Crippen molar-refractivity contribution in [3.8, 4) is 0 Å². The Morgan fingerprint density at radius 3 is 1.92 bits per heavy atom. The van der Waals surface area contributed by atoms with Crippen molar-refractivity contribution < 1.29 is 14.6 Å². The first-order valence-corrected chi connectivity index (χ1v) is 4.05. The molecule has 0 spiro atoms. The van der Waals surface area contributed by atoms with Gasteiger partial charge in [-0.25, -0.2) is 0 Å². The molecule has 0 saturated carbocycles. The predicted molar refractivity (Wildman–Crippen MR) is 47.9 cm³/mol. The molecular formula is C8H19NO3. The maximum Gasteiger partial charge on any atom is 0.209 e. The van der Waals surface area contributed by atoms with E-state index in [0.29, 0.717) is 6.61 Å². The maximum absolute atomic E-state index is 9.89. The first kappa shape index (κ1) is 13.9. The molecule has 0 aliphatic carbocycles. The molecule has 4 heteroatoms. The van der Waals surface area contributed by atoms with Gasteiger partial charge in [-0.2, -0.15) is 0 Å². The molecule has 12 heavy (non-hydrogen) atoms. The lowest BCUT2D eigenvalue weighted by Crippen LogP contribution is -2.19. The average molecular weight is 177 g/mol. The Hall–Kier alpha value is -0.610. The Balaban J connectivity index is 0. The summed E-state index contributed by atoms with van der Waals surface area (Å²) in [4.78, 5) is 11.6. The van der Waals surface area contributed by atoms with Gasteiger partial charge in [-0.1, -0.05) is 0 Å². The summed E-state index contributed by atoms with van der Waals surface area (Å²) in [6, 6.07) is 0. The van der Waals surface area contributed by atoms with Crippen molar-refractivity contribution in [2.45, 2.75) is 13.8 Å². The van der Waals surface area contributed by atoms with Crippen molar-refractivity contribution in [2.75, 3.05) is 33.4 Å². The summed E-state index contributed by atoms with van der Waals surface area (Å²) >= 11 is 0. The molecule has 4 nitrogen and oxygen atoms in total. The average Bonchev–Trinajstić information content (AvgIpc) is 2.10. The minimum absolute atomic E-state index is 0.122. The Bertz CT molecular complexity index is 82.4. The van der Waals surface area contributed by atoms with Gasteiger partial charge in [0.15, 0.2) is 0 Å². The molecule has 1 N–H and O–H groups in total. The van der Waals surface area contributed by atoms with Gasteiger partial charge >= 0.3 is 0 Å². The lowest BCUT2D eigenvalue weighted by atomic mass is 10.6. The molecule has 0 aromatic carbocycles. The smallest absolute Gasteiger partial charge is 0.209 e. The summed E-state index contributed by atoms with van der Waals surface area (Å²) in [6.45, 7) is 6.12. The fourth-order valence-electron chi connectivity index (χ4n) is 0.464. The summed E-state index contributed by atoms with van der Waals surface area (Å²) in [7, 11) is 1.55. The van der Waals surface area contributed by atoms with Crippen molar-refractivity contribution in [1.29, 1.82) is 0 Å². The Morgan fingerprint density at radius 2 is 1.92 bits per heavy atom. The quantitative estimate of drug-likeness (QED) is 0.606. The van der Waals surface area contributed by atoms with E-state index in [9.17, 15) is 4.79 Å². The third-order valence-corrected chi connectivity index (χ3v) is 1.26. The van der Waals surface area contributed by atoms with Crippen LogP contribution in [0.25, 0.3) is 0 Å². The van der Waals surface area contributed by atoms with E-state index in [0.717, 1.165) is 19.5 Å². The van der Waals surface area contributed by atoms with E-state index in [4.69, 9.17) is 5.11 Å². The summed E-state index contributed by atoms with van der Waals surface area (Å²) < 4.78 is 4.44. The number of carbonyl (C=O) groups excluding carboxylic acids is 1. The van der Waals surface area contributed by atoms with Crippen LogP contribution < -0.4 is 0 Å². The van der Waals surface area contributed by atoms with Crippen LogP contribution in [0.5, 0.6) is 0 Å². The largest absolute Gasteiger partial charge is 0.394 e. The number of ether oxygens (including phenoxy) is 1. The van der Waals surface area contributed by atoms with E-state index < -0.39 is 0 Å². The van der Waals surface area contributed by atoms with Gasteiger partial charge in [0, 0.05) is 20.2 Å². The molecular weight excluding hydrogens is 158 g/mol. The molecule has 0 unspecified atom stereocenters. The first-order valence-electron chi connectivity index (χ1n) is 4.05. The lowest BCUT2D eigenvalue weighted by molar-refractivity contribution is -0.117. The zero-order valence-corrected chi connectivity index (χ0v) is 8.12. The van der Waals surface area contributed by atoms with E-state index in [1.165, 1.54) is 0 Å². The van der Waals surface area contributed by atoms with Gasteiger partial charge in [0.2, 0.25) is 6.41 Å². The molecule has 0 heterocycles. The number of carbonyl (C=O) groups is 1. The zero-order valence-electron chi connectivity index (χ0n) is 8.12. The fourth-order valence-corrected chi connectivity index (χ4v) is 0.464. The molecule has 0 aromatic heterocycles. The number of amides is 1. The highest BCUT2D eigenvalue weighted by Crippen LogP contribution is 1.75. The van der Waals surface area contributed by atoms with Crippen molar-refractivity contribution >= 4 is 6.41 Å². The van der Waals surface area contributed by atoms with Crippen molar-refractivity contribution in [1.82, 2.24) is 4.90 Å². The topological polar surface area (TPSA) is 49.8 Å². The van der Waals surface area contributed by atoms with E-state index in [1.807, 2.05) is 13.8 Å². The number of rotatable bonds is 5. The molecule has 0 aliphatic rings. The Kier molecular flexibility index (Phi) is 15.1. The number of nitrogens with zero attached hydrogens (tertiary/aromatic N) is 1. The third-order valence-electron chi connectivity index (χ3n) is 1.26. The molecule has 0 aromatic rings. The van der Waals surface area contributed by atoms with E-state index in [-0.39, 0.29) is 6.61 Å². The van der Waals surface area contributed by atoms with Gasteiger partial charge in [-0.05, 0) is 13.8 Å². The highest BCUT2D eigenvalue weighted by Gasteiger charge is 1.87. The van der Waals surface area contributed by atoms with Crippen LogP contribution in [0.1, 0.15) is 13.8 Å². The second-order valence-corrected chi connectivity index (χ2v) is 2.04. The lowest BCUT2D eigenvalue weighted by Gasteiger charge is -2.08. The minimum atomic E-state index is 0.122. The van der Waals surface area contributed by atoms with E-state index in [2.05, 4.69) is 4.74 Å². The van der Waals surface area contributed by atoms with Crippen molar-refractivity contribution in [2.24, 2.45) is 0 Å². The monoisotopic (exact) mass is 177 g/mol. The van der Waals surface area contributed by atoms with Gasteiger partial charge in [0.25, 0.3) is 0 Å². The normalized spacial score (nSPS) is 8.33. The molecule has 0 aliphatic heterocycles. The number of hydrogen-bond acceptors (Lipinski definition) is 3. The highest BCUT2D eigenvalue weighted by molar-refractivity contribution is 5.46. The van der Waals surface area contributed by atoms with Crippen molar-refractivity contribution in [3.05, 3.63) is 0 Å². The van der Waals surface area contributed by atoms with E-state index >= 15 is 0 Å². The number of aliphatic hydroxyl groups is 1. The van der Waals surface area contributed by atoms with Gasteiger partial charge in [-0.3, -0.25) is 4.79 Å². The van der Waals surface area contributed by atoms with Crippen LogP contribution in [0.15, 0.2) is 0 Å². The molecule has 0 rings (SSSR count).